The normalized spacial score (nSPS) is 22.3. The lowest BCUT2D eigenvalue weighted by atomic mass is 10.0. The van der Waals surface area contributed by atoms with Crippen LogP contribution in [0.3, 0.4) is 0 Å². The van der Waals surface area contributed by atoms with Crippen molar-refractivity contribution in [2.75, 3.05) is 13.2 Å². The van der Waals surface area contributed by atoms with E-state index in [1.54, 1.807) is 0 Å². The number of hydrogen-bond acceptors (Lipinski definition) is 4. The van der Waals surface area contributed by atoms with Gasteiger partial charge in [0.1, 0.15) is 5.60 Å². The first-order chi connectivity index (χ1) is 10.8. The number of aliphatic hydroxyl groups is 1. The SMILES string of the molecule is CC[C@@H](CO)NC(C)CC1CCCCCN1C(=O)OC(C)(C)C. The van der Waals surface area contributed by atoms with E-state index in [1.165, 1.54) is 6.42 Å². The first kappa shape index (κ1) is 20.2. The third-order valence-electron chi connectivity index (χ3n) is 4.36. The number of nitrogens with one attached hydrogen (secondary N) is 1. The Kier molecular flexibility index (Phi) is 8.34. The summed E-state index contributed by atoms with van der Waals surface area (Å²) in [6.07, 6.45) is 6.02. The van der Waals surface area contributed by atoms with Gasteiger partial charge >= 0.3 is 6.09 Å². The molecule has 0 aliphatic carbocycles. The molecule has 1 amide bonds. The van der Waals surface area contributed by atoms with Gasteiger partial charge in [-0.2, -0.15) is 0 Å². The van der Waals surface area contributed by atoms with Gasteiger partial charge in [-0.25, -0.2) is 4.79 Å². The van der Waals surface area contributed by atoms with Crippen molar-refractivity contribution in [2.24, 2.45) is 0 Å². The number of carbonyl (C=O) groups is 1. The van der Waals surface area contributed by atoms with Crippen molar-refractivity contribution in [3.63, 3.8) is 0 Å². The molecule has 136 valence electrons. The van der Waals surface area contributed by atoms with Crippen molar-refractivity contribution < 1.29 is 14.6 Å². The smallest absolute Gasteiger partial charge is 0.410 e. The highest BCUT2D eigenvalue weighted by atomic mass is 16.6. The maximum absolute atomic E-state index is 12.5. The lowest BCUT2D eigenvalue weighted by molar-refractivity contribution is 0.0148. The molecular formula is C18H36N2O3. The van der Waals surface area contributed by atoms with Crippen molar-refractivity contribution in [1.82, 2.24) is 10.2 Å². The fourth-order valence-electron chi connectivity index (χ4n) is 3.16. The minimum atomic E-state index is -0.456. The van der Waals surface area contributed by atoms with E-state index >= 15 is 0 Å². The molecule has 0 aromatic carbocycles. The predicted octanol–water partition coefficient (Wildman–Crippen LogP) is 3.31. The quantitative estimate of drug-likeness (QED) is 0.785. The molecule has 1 rings (SSSR count). The summed E-state index contributed by atoms with van der Waals surface area (Å²) >= 11 is 0. The minimum absolute atomic E-state index is 0.130. The van der Waals surface area contributed by atoms with E-state index < -0.39 is 5.60 Å². The monoisotopic (exact) mass is 328 g/mol. The second kappa shape index (κ2) is 9.48. The van der Waals surface area contributed by atoms with E-state index in [1.807, 2.05) is 25.7 Å². The molecule has 1 heterocycles. The number of rotatable bonds is 6. The molecule has 0 bridgehead atoms. The molecule has 0 aromatic rings. The molecule has 23 heavy (non-hydrogen) atoms. The van der Waals surface area contributed by atoms with Gasteiger partial charge < -0.3 is 20.1 Å². The molecule has 1 fully saturated rings. The summed E-state index contributed by atoms with van der Waals surface area (Å²) in [5.74, 6) is 0. The Hall–Kier alpha value is -0.810. The number of ether oxygens (including phenoxy) is 1. The summed E-state index contributed by atoms with van der Waals surface area (Å²) < 4.78 is 5.59. The van der Waals surface area contributed by atoms with Crippen LogP contribution >= 0.6 is 0 Å². The molecule has 2 unspecified atom stereocenters. The molecule has 1 aliphatic rings. The van der Waals surface area contributed by atoms with Crippen LogP contribution in [0.4, 0.5) is 4.79 Å². The van der Waals surface area contributed by atoms with Crippen molar-refractivity contribution in [3.8, 4) is 0 Å². The van der Waals surface area contributed by atoms with Crippen LogP contribution in [0.5, 0.6) is 0 Å². The third-order valence-corrected chi connectivity index (χ3v) is 4.36. The van der Waals surface area contributed by atoms with Crippen LogP contribution in [0.25, 0.3) is 0 Å². The number of likely N-dealkylation sites (tertiary alicyclic amines) is 1. The highest BCUT2D eigenvalue weighted by molar-refractivity contribution is 5.68. The minimum Gasteiger partial charge on any atom is -0.444 e. The number of amides is 1. The van der Waals surface area contributed by atoms with Gasteiger partial charge in [-0.3, -0.25) is 0 Å². The molecule has 0 radical (unpaired) electrons. The molecule has 0 aromatic heterocycles. The van der Waals surface area contributed by atoms with Gasteiger partial charge in [0.2, 0.25) is 0 Å². The van der Waals surface area contributed by atoms with Crippen LogP contribution in [0, 0.1) is 0 Å². The van der Waals surface area contributed by atoms with Crippen LogP contribution in [-0.4, -0.2) is 53.0 Å². The van der Waals surface area contributed by atoms with Gasteiger partial charge in [0.25, 0.3) is 0 Å². The largest absolute Gasteiger partial charge is 0.444 e. The molecule has 3 atom stereocenters. The van der Waals surface area contributed by atoms with Crippen LogP contribution in [0.15, 0.2) is 0 Å². The molecule has 5 heteroatoms. The fourth-order valence-corrected chi connectivity index (χ4v) is 3.16. The highest BCUT2D eigenvalue weighted by Crippen LogP contribution is 2.23. The van der Waals surface area contributed by atoms with Crippen molar-refractivity contribution in [1.29, 1.82) is 0 Å². The molecule has 0 saturated carbocycles. The third kappa shape index (κ3) is 7.53. The second-order valence-electron chi connectivity index (χ2n) is 7.77. The van der Waals surface area contributed by atoms with Gasteiger partial charge in [0.05, 0.1) is 6.61 Å². The van der Waals surface area contributed by atoms with Gasteiger partial charge in [-0.1, -0.05) is 19.8 Å². The Bertz CT molecular complexity index is 351. The van der Waals surface area contributed by atoms with Gasteiger partial charge in [0.15, 0.2) is 0 Å². The summed E-state index contributed by atoms with van der Waals surface area (Å²) in [4.78, 5) is 14.5. The topological polar surface area (TPSA) is 61.8 Å². The molecule has 1 saturated heterocycles. The van der Waals surface area contributed by atoms with E-state index in [-0.39, 0.29) is 30.8 Å². The Balaban J connectivity index is 2.68. The van der Waals surface area contributed by atoms with E-state index in [0.717, 1.165) is 38.6 Å². The highest BCUT2D eigenvalue weighted by Gasteiger charge is 2.30. The Labute approximate surface area is 141 Å². The maximum atomic E-state index is 12.5. The summed E-state index contributed by atoms with van der Waals surface area (Å²) in [5, 5.41) is 12.8. The molecule has 1 aliphatic heterocycles. The zero-order chi connectivity index (χ0) is 17.5. The van der Waals surface area contributed by atoms with Gasteiger partial charge in [-0.15, -0.1) is 0 Å². The van der Waals surface area contributed by atoms with Gasteiger partial charge in [0, 0.05) is 24.7 Å². The summed E-state index contributed by atoms with van der Waals surface area (Å²) in [6.45, 7) is 10.9. The average molecular weight is 328 g/mol. The molecule has 5 nitrogen and oxygen atoms in total. The molecule has 2 N–H and O–H groups in total. The Morgan fingerprint density at radius 3 is 2.61 bits per heavy atom. The predicted molar refractivity (Wildman–Crippen MR) is 93.6 cm³/mol. The zero-order valence-electron chi connectivity index (χ0n) is 15.6. The number of carbonyl (C=O) groups excluding carboxylic acids is 1. The molecule has 0 spiro atoms. The van der Waals surface area contributed by atoms with E-state index in [2.05, 4.69) is 19.2 Å². The standard InChI is InChI=1S/C18H36N2O3/c1-6-15(13-21)19-14(2)12-16-10-8-7-9-11-20(16)17(22)23-18(3,4)5/h14-16,19,21H,6-13H2,1-5H3/t14?,15-,16?/m0/s1. The van der Waals surface area contributed by atoms with Crippen LogP contribution < -0.4 is 5.32 Å². The Morgan fingerprint density at radius 1 is 1.35 bits per heavy atom. The summed E-state index contributed by atoms with van der Waals surface area (Å²) in [6, 6.07) is 0.608. The van der Waals surface area contributed by atoms with E-state index in [0.29, 0.717) is 0 Å². The van der Waals surface area contributed by atoms with Gasteiger partial charge in [-0.05, 0) is 53.4 Å². The van der Waals surface area contributed by atoms with Crippen LogP contribution in [-0.2, 0) is 4.74 Å². The summed E-state index contributed by atoms with van der Waals surface area (Å²) in [7, 11) is 0. The lowest BCUT2D eigenvalue weighted by Gasteiger charge is -2.34. The first-order valence-corrected chi connectivity index (χ1v) is 9.13. The van der Waals surface area contributed by atoms with Crippen molar-refractivity contribution in [2.45, 2.75) is 96.9 Å². The lowest BCUT2D eigenvalue weighted by Crippen LogP contribution is -2.47. The average Bonchev–Trinajstić information content (AvgIpc) is 2.68. The summed E-state index contributed by atoms with van der Waals surface area (Å²) in [5.41, 5.74) is -0.456. The van der Waals surface area contributed by atoms with Crippen LogP contribution in [0.2, 0.25) is 0 Å². The maximum Gasteiger partial charge on any atom is 0.410 e. The van der Waals surface area contributed by atoms with Crippen molar-refractivity contribution >= 4 is 6.09 Å². The number of aliphatic hydroxyl groups excluding tert-OH is 1. The van der Waals surface area contributed by atoms with Crippen LogP contribution in [0.1, 0.15) is 73.1 Å². The molecular weight excluding hydrogens is 292 g/mol. The zero-order valence-corrected chi connectivity index (χ0v) is 15.6. The van der Waals surface area contributed by atoms with E-state index in [9.17, 15) is 9.90 Å². The number of nitrogens with zero attached hydrogens (tertiary/aromatic N) is 1. The number of hydrogen-bond donors (Lipinski definition) is 2. The first-order valence-electron chi connectivity index (χ1n) is 9.13. The van der Waals surface area contributed by atoms with Crippen molar-refractivity contribution in [3.05, 3.63) is 0 Å². The fraction of sp³-hybridized carbons (Fsp3) is 0.944. The second-order valence-corrected chi connectivity index (χ2v) is 7.77. The Morgan fingerprint density at radius 2 is 2.04 bits per heavy atom. The van der Waals surface area contributed by atoms with E-state index in [4.69, 9.17) is 4.74 Å².